The minimum atomic E-state index is -0.294. The molecule has 0 aromatic heterocycles. The molecule has 1 aliphatic rings. The lowest BCUT2D eigenvalue weighted by Crippen LogP contribution is -2.49. The van der Waals surface area contributed by atoms with Crippen molar-refractivity contribution in [2.45, 2.75) is 32.2 Å². The van der Waals surface area contributed by atoms with Crippen LogP contribution in [-0.4, -0.2) is 12.1 Å². The molecule has 1 atom stereocenters. The maximum absolute atomic E-state index is 13.2. The molecule has 0 saturated heterocycles. The van der Waals surface area contributed by atoms with Crippen LogP contribution in [0, 0.1) is 11.2 Å². The molecular weight excluding hydrogens is 239 g/mol. The largest absolute Gasteiger partial charge is 0.377 e. The van der Waals surface area contributed by atoms with E-state index in [0.29, 0.717) is 17.3 Å². The van der Waals surface area contributed by atoms with E-state index in [2.05, 4.69) is 19.2 Å². The first kappa shape index (κ1) is 12.7. The van der Waals surface area contributed by atoms with E-state index in [1.807, 2.05) is 0 Å². The van der Waals surface area contributed by atoms with Crippen LogP contribution in [-0.2, 0) is 0 Å². The predicted octanol–water partition coefficient (Wildman–Crippen LogP) is 3.41. The van der Waals surface area contributed by atoms with Gasteiger partial charge in [0.1, 0.15) is 5.82 Å². The van der Waals surface area contributed by atoms with E-state index in [0.717, 1.165) is 12.8 Å². The van der Waals surface area contributed by atoms with Crippen LogP contribution < -0.4 is 11.1 Å². The van der Waals surface area contributed by atoms with Crippen molar-refractivity contribution < 1.29 is 4.39 Å². The summed E-state index contributed by atoms with van der Waals surface area (Å²) >= 11 is 6.06. The highest BCUT2D eigenvalue weighted by Crippen LogP contribution is 2.54. The number of halogens is 2. The van der Waals surface area contributed by atoms with Crippen LogP contribution >= 0.6 is 11.6 Å². The molecular formula is C13H18ClFN2. The lowest BCUT2D eigenvalue weighted by molar-refractivity contribution is 0.333. The quantitative estimate of drug-likeness (QED) is 0.866. The zero-order valence-electron chi connectivity index (χ0n) is 10.2. The van der Waals surface area contributed by atoms with Crippen molar-refractivity contribution in [2.75, 3.05) is 11.9 Å². The summed E-state index contributed by atoms with van der Waals surface area (Å²) in [6.45, 7) is 4.76. The maximum atomic E-state index is 13.2. The number of anilines is 1. The number of hydrogen-bond donors (Lipinski definition) is 2. The molecule has 3 N–H and O–H groups in total. The molecule has 1 aromatic carbocycles. The summed E-state index contributed by atoms with van der Waals surface area (Å²) in [4.78, 5) is 0. The maximum Gasteiger partial charge on any atom is 0.125 e. The van der Waals surface area contributed by atoms with Crippen molar-refractivity contribution in [2.24, 2.45) is 11.1 Å². The van der Waals surface area contributed by atoms with Crippen molar-refractivity contribution in [1.29, 1.82) is 0 Å². The Kier molecular flexibility index (Phi) is 3.08. The molecule has 1 aromatic rings. The van der Waals surface area contributed by atoms with Crippen molar-refractivity contribution in [3.05, 3.63) is 29.0 Å². The summed E-state index contributed by atoms with van der Waals surface area (Å²) in [5.41, 5.74) is 6.42. The highest BCUT2D eigenvalue weighted by atomic mass is 35.5. The first-order chi connectivity index (χ1) is 7.90. The van der Waals surface area contributed by atoms with Gasteiger partial charge in [0.25, 0.3) is 0 Å². The average molecular weight is 257 g/mol. The predicted molar refractivity (Wildman–Crippen MR) is 69.8 cm³/mol. The molecule has 4 heteroatoms. The molecule has 1 saturated carbocycles. The summed E-state index contributed by atoms with van der Waals surface area (Å²) in [5.74, 6) is -0.294. The Labute approximate surface area is 106 Å². The number of benzene rings is 1. The van der Waals surface area contributed by atoms with Gasteiger partial charge in [-0.2, -0.15) is 0 Å². The monoisotopic (exact) mass is 256 g/mol. The van der Waals surface area contributed by atoms with Gasteiger partial charge in [0.05, 0.1) is 16.2 Å². The molecule has 0 bridgehead atoms. The molecule has 0 aliphatic heterocycles. The molecule has 2 nitrogen and oxygen atoms in total. The van der Waals surface area contributed by atoms with E-state index in [1.165, 1.54) is 12.1 Å². The van der Waals surface area contributed by atoms with E-state index in [1.54, 1.807) is 6.07 Å². The Morgan fingerprint density at radius 2 is 2.18 bits per heavy atom. The highest BCUT2D eigenvalue weighted by Gasteiger charge is 2.52. The van der Waals surface area contributed by atoms with Crippen LogP contribution in [0.3, 0.4) is 0 Å². The van der Waals surface area contributed by atoms with Gasteiger partial charge in [-0.3, -0.25) is 0 Å². The molecule has 2 rings (SSSR count). The second kappa shape index (κ2) is 4.14. The van der Waals surface area contributed by atoms with Crippen LogP contribution in [0.15, 0.2) is 18.2 Å². The minimum absolute atomic E-state index is 0.178. The summed E-state index contributed by atoms with van der Waals surface area (Å²) < 4.78 is 13.2. The molecule has 94 valence electrons. The Morgan fingerprint density at radius 3 is 2.71 bits per heavy atom. The smallest absolute Gasteiger partial charge is 0.125 e. The van der Waals surface area contributed by atoms with Crippen molar-refractivity contribution in [1.82, 2.24) is 0 Å². The average Bonchev–Trinajstić information content (AvgIpc) is 3.03. The fraction of sp³-hybridized carbons (Fsp3) is 0.538. The molecule has 0 radical (unpaired) electrons. The Balaban J connectivity index is 2.27. The molecule has 1 aliphatic carbocycles. The van der Waals surface area contributed by atoms with E-state index < -0.39 is 0 Å². The highest BCUT2D eigenvalue weighted by molar-refractivity contribution is 6.33. The van der Waals surface area contributed by atoms with Crippen molar-refractivity contribution in [3.63, 3.8) is 0 Å². The fourth-order valence-electron chi connectivity index (χ4n) is 2.08. The van der Waals surface area contributed by atoms with Gasteiger partial charge in [-0.1, -0.05) is 18.5 Å². The Morgan fingerprint density at radius 1 is 1.53 bits per heavy atom. The summed E-state index contributed by atoms with van der Waals surface area (Å²) in [7, 11) is 0. The molecule has 0 amide bonds. The lowest BCUT2D eigenvalue weighted by atomic mass is 9.83. The van der Waals surface area contributed by atoms with Gasteiger partial charge >= 0.3 is 0 Å². The third-order valence-electron chi connectivity index (χ3n) is 4.08. The lowest BCUT2D eigenvalue weighted by Gasteiger charge is -2.37. The van der Waals surface area contributed by atoms with Gasteiger partial charge < -0.3 is 11.1 Å². The summed E-state index contributed by atoms with van der Waals surface area (Å²) in [5, 5.41) is 3.84. The first-order valence-corrected chi connectivity index (χ1v) is 6.21. The third kappa shape index (κ3) is 2.26. The molecule has 1 fully saturated rings. The van der Waals surface area contributed by atoms with E-state index in [9.17, 15) is 4.39 Å². The van der Waals surface area contributed by atoms with Gasteiger partial charge in [0, 0.05) is 6.54 Å². The van der Waals surface area contributed by atoms with Crippen LogP contribution in [0.5, 0.6) is 0 Å². The minimum Gasteiger partial charge on any atom is -0.377 e. The van der Waals surface area contributed by atoms with Gasteiger partial charge in [-0.25, -0.2) is 4.39 Å². The van der Waals surface area contributed by atoms with E-state index in [4.69, 9.17) is 17.3 Å². The summed E-state index contributed by atoms with van der Waals surface area (Å²) in [6, 6.07) is 4.33. The van der Waals surface area contributed by atoms with Crippen molar-refractivity contribution >= 4 is 17.3 Å². The van der Waals surface area contributed by atoms with E-state index >= 15 is 0 Å². The standard InChI is InChI=1S/C13H18ClFN2/c1-12(5-6-12)13(2,8-16)17-11-7-9(15)3-4-10(11)14/h3-4,7,17H,5-6,8,16H2,1-2H3. The Bertz CT molecular complexity index is 431. The zero-order chi connectivity index (χ0) is 12.7. The number of nitrogens with one attached hydrogen (secondary N) is 1. The molecule has 0 heterocycles. The second-order valence-electron chi connectivity index (χ2n) is 5.35. The number of hydrogen-bond acceptors (Lipinski definition) is 2. The fourth-order valence-corrected chi connectivity index (χ4v) is 2.24. The first-order valence-electron chi connectivity index (χ1n) is 5.83. The SMILES string of the molecule is CC1(C(C)(CN)Nc2cc(F)ccc2Cl)CC1. The van der Waals surface area contributed by atoms with Crippen LogP contribution in [0.25, 0.3) is 0 Å². The van der Waals surface area contributed by atoms with Crippen molar-refractivity contribution in [3.8, 4) is 0 Å². The van der Waals surface area contributed by atoms with Gasteiger partial charge in [0.15, 0.2) is 0 Å². The second-order valence-corrected chi connectivity index (χ2v) is 5.75. The van der Waals surface area contributed by atoms with E-state index in [-0.39, 0.29) is 16.8 Å². The van der Waals surface area contributed by atoms with Gasteiger partial charge in [-0.05, 0) is 43.4 Å². The third-order valence-corrected chi connectivity index (χ3v) is 4.41. The topological polar surface area (TPSA) is 38.0 Å². The number of rotatable bonds is 4. The van der Waals surface area contributed by atoms with Crippen LogP contribution in [0.1, 0.15) is 26.7 Å². The zero-order valence-corrected chi connectivity index (χ0v) is 10.9. The number of nitrogens with two attached hydrogens (primary N) is 1. The van der Waals surface area contributed by atoms with Crippen LogP contribution in [0.4, 0.5) is 10.1 Å². The Hall–Kier alpha value is -0.800. The van der Waals surface area contributed by atoms with Gasteiger partial charge in [0.2, 0.25) is 0 Å². The van der Waals surface area contributed by atoms with Crippen LogP contribution in [0.2, 0.25) is 5.02 Å². The molecule has 1 unspecified atom stereocenters. The molecule has 17 heavy (non-hydrogen) atoms. The summed E-state index contributed by atoms with van der Waals surface area (Å²) in [6.07, 6.45) is 2.28. The van der Waals surface area contributed by atoms with Gasteiger partial charge in [-0.15, -0.1) is 0 Å². The normalized spacial score (nSPS) is 20.8. The molecule has 0 spiro atoms.